The highest BCUT2D eigenvalue weighted by Crippen LogP contribution is 2.17. The Morgan fingerprint density at radius 3 is 2.82 bits per heavy atom. The van der Waals surface area contributed by atoms with Crippen LogP contribution in [0.1, 0.15) is 13.8 Å². The molecule has 0 saturated heterocycles. The first-order valence-electron chi connectivity index (χ1n) is 3.52. The van der Waals surface area contributed by atoms with E-state index in [1.165, 1.54) is 0 Å². The minimum atomic E-state index is 0.209. The maximum Gasteiger partial charge on any atom is 0.128 e. The van der Waals surface area contributed by atoms with Crippen LogP contribution < -0.4 is 4.74 Å². The number of ether oxygens (including phenoxy) is 1. The molecule has 0 spiro atoms. The fraction of sp³-hybridized carbons (Fsp3) is 0.333. The van der Waals surface area contributed by atoms with Crippen molar-refractivity contribution in [2.75, 3.05) is 0 Å². The van der Waals surface area contributed by atoms with Crippen LogP contribution in [0.25, 0.3) is 0 Å². The van der Waals surface area contributed by atoms with Crippen LogP contribution in [0.3, 0.4) is 0 Å². The van der Waals surface area contributed by atoms with Crippen molar-refractivity contribution >= 4 is 15.9 Å². The van der Waals surface area contributed by atoms with E-state index in [9.17, 15) is 0 Å². The van der Waals surface area contributed by atoms with Gasteiger partial charge in [-0.05, 0) is 32.0 Å². The maximum atomic E-state index is 5.41. The van der Waals surface area contributed by atoms with Crippen molar-refractivity contribution in [2.45, 2.75) is 20.0 Å². The molecule has 59 valence electrons. The first kappa shape index (κ1) is 8.60. The SMILES string of the molecule is CC(C)Oc1[c]ccc(Br)c1. The van der Waals surface area contributed by atoms with Crippen molar-refractivity contribution < 1.29 is 4.74 Å². The molecule has 1 rings (SSSR count). The largest absolute Gasteiger partial charge is 0.490 e. The van der Waals surface area contributed by atoms with Crippen molar-refractivity contribution in [3.8, 4) is 5.75 Å². The molecule has 0 aliphatic heterocycles. The molecule has 1 aromatic carbocycles. The van der Waals surface area contributed by atoms with Gasteiger partial charge in [-0.25, -0.2) is 0 Å². The summed E-state index contributed by atoms with van der Waals surface area (Å²) in [5, 5.41) is 0. The lowest BCUT2D eigenvalue weighted by Gasteiger charge is -2.08. The Morgan fingerprint density at radius 1 is 1.55 bits per heavy atom. The average molecular weight is 214 g/mol. The molecule has 0 saturated carbocycles. The van der Waals surface area contributed by atoms with Gasteiger partial charge in [0, 0.05) is 10.5 Å². The Bertz CT molecular complexity index is 233. The van der Waals surface area contributed by atoms with Crippen LogP contribution >= 0.6 is 15.9 Å². The van der Waals surface area contributed by atoms with E-state index in [0.29, 0.717) is 0 Å². The Balaban J connectivity index is 2.71. The third kappa shape index (κ3) is 2.93. The Morgan fingerprint density at radius 2 is 2.27 bits per heavy atom. The molecule has 0 aliphatic carbocycles. The van der Waals surface area contributed by atoms with Crippen molar-refractivity contribution in [1.29, 1.82) is 0 Å². The van der Waals surface area contributed by atoms with Gasteiger partial charge in [0.05, 0.1) is 6.10 Å². The molecule has 0 aliphatic rings. The summed E-state index contributed by atoms with van der Waals surface area (Å²) in [6, 6.07) is 8.65. The number of benzene rings is 1. The van der Waals surface area contributed by atoms with Gasteiger partial charge in [-0.3, -0.25) is 0 Å². The van der Waals surface area contributed by atoms with Gasteiger partial charge in [-0.15, -0.1) is 0 Å². The lowest BCUT2D eigenvalue weighted by atomic mass is 10.3. The van der Waals surface area contributed by atoms with Gasteiger partial charge in [0.15, 0.2) is 0 Å². The molecule has 11 heavy (non-hydrogen) atoms. The van der Waals surface area contributed by atoms with Crippen molar-refractivity contribution in [1.82, 2.24) is 0 Å². The Labute approximate surface area is 75.5 Å². The summed E-state index contributed by atoms with van der Waals surface area (Å²) in [4.78, 5) is 0. The zero-order valence-electron chi connectivity index (χ0n) is 6.60. The minimum Gasteiger partial charge on any atom is -0.490 e. The molecular weight excluding hydrogens is 204 g/mol. The number of hydrogen-bond acceptors (Lipinski definition) is 1. The molecule has 1 aromatic rings. The van der Waals surface area contributed by atoms with Gasteiger partial charge in [-0.1, -0.05) is 15.9 Å². The van der Waals surface area contributed by atoms with E-state index in [2.05, 4.69) is 22.0 Å². The summed E-state index contributed by atoms with van der Waals surface area (Å²) in [5.41, 5.74) is 0. The molecule has 0 unspecified atom stereocenters. The van der Waals surface area contributed by atoms with Crippen molar-refractivity contribution in [3.63, 3.8) is 0 Å². The van der Waals surface area contributed by atoms with E-state index in [-0.39, 0.29) is 6.10 Å². The normalized spacial score (nSPS) is 10.2. The van der Waals surface area contributed by atoms with Gasteiger partial charge in [0.2, 0.25) is 0 Å². The molecule has 0 fully saturated rings. The second kappa shape index (κ2) is 3.77. The highest BCUT2D eigenvalue weighted by molar-refractivity contribution is 9.10. The quantitative estimate of drug-likeness (QED) is 0.735. The molecule has 2 heteroatoms. The van der Waals surface area contributed by atoms with Gasteiger partial charge in [-0.2, -0.15) is 0 Å². The fourth-order valence-corrected chi connectivity index (χ4v) is 1.08. The number of rotatable bonds is 2. The van der Waals surface area contributed by atoms with E-state index in [1.54, 1.807) is 0 Å². The van der Waals surface area contributed by atoms with Crippen LogP contribution in [0, 0.1) is 6.07 Å². The van der Waals surface area contributed by atoms with Gasteiger partial charge < -0.3 is 4.74 Å². The summed E-state index contributed by atoms with van der Waals surface area (Å²) in [5.74, 6) is 0.786. The molecule has 1 radical (unpaired) electrons. The number of halogens is 1. The summed E-state index contributed by atoms with van der Waals surface area (Å²) in [7, 11) is 0. The van der Waals surface area contributed by atoms with Crippen LogP contribution in [-0.4, -0.2) is 6.10 Å². The molecule has 0 bridgehead atoms. The molecule has 0 amide bonds. The van der Waals surface area contributed by atoms with Crippen LogP contribution in [0.2, 0.25) is 0 Å². The molecule has 0 aromatic heterocycles. The van der Waals surface area contributed by atoms with E-state index in [0.717, 1.165) is 10.2 Å². The lowest BCUT2D eigenvalue weighted by Crippen LogP contribution is -2.05. The summed E-state index contributed by atoms with van der Waals surface area (Å²) in [6.45, 7) is 3.99. The maximum absolute atomic E-state index is 5.41. The third-order valence-corrected chi connectivity index (χ3v) is 1.59. The second-order valence-electron chi connectivity index (χ2n) is 2.54. The smallest absolute Gasteiger partial charge is 0.128 e. The van der Waals surface area contributed by atoms with Crippen LogP contribution in [0.5, 0.6) is 5.75 Å². The minimum absolute atomic E-state index is 0.209. The van der Waals surface area contributed by atoms with E-state index in [4.69, 9.17) is 4.74 Å². The van der Waals surface area contributed by atoms with Crippen molar-refractivity contribution in [3.05, 3.63) is 28.7 Å². The van der Waals surface area contributed by atoms with Gasteiger partial charge in [0.1, 0.15) is 5.75 Å². The lowest BCUT2D eigenvalue weighted by molar-refractivity contribution is 0.242. The Hall–Kier alpha value is -0.500. The predicted molar refractivity (Wildman–Crippen MR) is 48.7 cm³/mol. The zero-order chi connectivity index (χ0) is 8.27. The molecule has 1 nitrogen and oxygen atoms in total. The zero-order valence-corrected chi connectivity index (χ0v) is 8.18. The molecule has 0 atom stereocenters. The van der Waals surface area contributed by atoms with Crippen LogP contribution in [-0.2, 0) is 0 Å². The molecule has 0 N–H and O–H groups in total. The van der Waals surface area contributed by atoms with E-state index >= 15 is 0 Å². The van der Waals surface area contributed by atoms with Crippen molar-refractivity contribution in [2.24, 2.45) is 0 Å². The van der Waals surface area contributed by atoms with E-state index in [1.807, 2.05) is 32.0 Å². The topological polar surface area (TPSA) is 9.23 Å². The number of hydrogen-bond donors (Lipinski definition) is 0. The standard InChI is InChI=1S/C9H10BrO/c1-7(2)11-9-5-3-4-8(10)6-9/h3-4,6-7H,1-2H3. The Kier molecular flexibility index (Phi) is 2.94. The second-order valence-corrected chi connectivity index (χ2v) is 3.45. The van der Waals surface area contributed by atoms with Gasteiger partial charge >= 0.3 is 0 Å². The first-order chi connectivity index (χ1) is 5.18. The monoisotopic (exact) mass is 213 g/mol. The molecule has 0 heterocycles. The van der Waals surface area contributed by atoms with Gasteiger partial charge in [0.25, 0.3) is 0 Å². The van der Waals surface area contributed by atoms with E-state index < -0.39 is 0 Å². The summed E-state index contributed by atoms with van der Waals surface area (Å²) in [6.07, 6.45) is 0.209. The third-order valence-electron chi connectivity index (χ3n) is 1.10. The summed E-state index contributed by atoms with van der Waals surface area (Å²) >= 11 is 3.35. The average Bonchev–Trinajstić information content (AvgIpc) is 1.85. The van der Waals surface area contributed by atoms with Crippen LogP contribution in [0.4, 0.5) is 0 Å². The van der Waals surface area contributed by atoms with Crippen LogP contribution in [0.15, 0.2) is 22.7 Å². The fourth-order valence-electron chi connectivity index (χ4n) is 0.740. The summed E-state index contributed by atoms with van der Waals surface area (Å²) < 4.78 is 6.43. The highest BCUT2D eigenvalue weighted by atomic mass is 79.9. The highest BCUT2D eigenvalue weighted by Gasteiger charge is 1.96. The first-order valence-corrected chi connectivity index (χ1v) is 4.31. The molecular formula is C9H10BrO. The predicted octanol–water partition coefficient (Wildman–Crippen LogP) is 3.04.